The zero-order valence-corrected chi connectivity index (χ0v) is 28.3. The zero-order valence-electron chi connectivity index (χ0n) is 28.3. The fraction of sp³-hybridized carbons (Fsp3) is 0.759. The third kappa shape index (κ3) is 19.2. The highest BCUT2D eigenvalue weighted by Gasteiger charge is 2.32. The first-order valence-corrected chi connectivity index (χ1v) is 16.1. The Morgan fingerprint density at radius 1 is 0.596 bits per heavy atom. The van der Waals surface area contributed by atoms with Crippen molar-refractivity contribution in [1.82, 2.24) is 21.3 Å². The summed E-state index contributed by atoms with van der Waals surface area (Å²) in [5.74, 6) is -3.62. The second-order valence-corrected chi connectivity index (χ2v) is 12.2. The molecule has 0 unspecified atom stereocenters. The average molecular weight is 670 g/mol. The Bertz CT molecular complexity index is 1060. The van der Waals surface area contributed by atoms with E-state index < -0.39 is 65.7 Å². The molecule has 0 aromatic carbocycles. The molecule has 0 bridgehead atoms. The number of hydrogen-bond donors (Lipinski definition) is 11. The summed E-state index contributed by atoms with van der Waals surface area (Å²) in [6.45, 7) is 8.11. The SMILES string of the molecule is CC(C)C[C@H](N)C(=O)N[C@@H](CCCN=C(N)N)C(=O)N[C@H](C(=O)N[C@@H](CCCCN)C(=O)N[C@@H](CCCN=C(N)N)C(N)=O)C(C)C. The van der Waals surface area contributed by atoms with Gasteiger partial charge >= 0.3 is 0 Å². The van der Waals surface area contributed by atoms with Gasteiger partial charge in [-0.15, -0.1) is 0 Å². The van der Waals surface area contributed by atoms with Crippen LogP contribution in [0.5, 0.6) is 0 Å². The van der Waals surface area contributed by atoms with Crippen molar-refractivity contribution in [2.75, 3.05) is 19.6 Å². The Balaban J connectivity index is 5.88. The quantitative estimate of drug-likeness (QED) is 0.0274. The summed E-state index contributed by atoms with van der Waals surface area (Å²) in [6, 6.07) is -5.05. The molecule has 0 rings (SSSR count). The van der Waals surface area contributed by atoms with E-state index in [2.05, 4.69) is 31.3 Å². The second kappa shape index (κ2) is 23.2. The molecule has 0 radical (unpaired) electrons. The summed E-state index contributed by atoms with van der Waals surface area (Å²) in [4.78, 5) is 73.0. The van der Waals surface area contributed by atoms with Gasteiger partial charge in [-0.25, -0.2) is 0 Å². The fourth-order valence-electron chi connectivity index (χ4n) is 4.54. The van der Waals surface area contributed by atoms with Crippen LogP contribution < -0.4 is 61.4 Å². The molecule has 0 aromatic heterocycles. The summed E-state index contributed by atoms with van der Waals surface area (Å²) < 4.78 is 0. The number of carbonyl (C=O) groups excluding carboxylic acids is 5. The number of nitrogens with one attached hydrogen (secondary N) is 4. The van der Waals surface area contributed by atoms with Gasteiger partial charge in [0.2, 0.25) is 29.5 Å². The van der Waals surface area contributed by atoms with Crippen LogP contribution in [0.4, 0.5) is 0 Å². The Labute approximate surface area is 277 Å². The van der Waals surface area contributed by atoms with E-state index in [1.165, 1.54) is 0 Å². The molecule has 0 spiro atoms. The lowest BCUT2D eigenvalue weighted by Crippen LogP contribution is -2.59. The van der Waals surface area contributed by atoms with E-state index in [9.17, 15) is 24.0 Å². The number of primary amides is 1. The van der Waals surface area contributed by atoms with E-state index in [0.29, 0.717) is 38.6 Å². The van der Waals surface area contributed by atoms with Gasteiger partial charge in [-0.05, 0) is 69.7 Å². The normalized spacial score (nSPS) is 14.2. The zero-order chi connectivity index (χ0) is 36.1. The lowest BCUT2D eigenvalue weighted by atomic mass is 10.00. The topological polar surface area (TPSA) is 340 Å². The van der Waals surface area contributed by atoms with Crippen molar-refractivity contribution >= 4 is 41.5 Å². The molecule has 18 heteroatoms. The van der Waals surface area contributed by atoms with Gasteiger partial charge in [-0.2, -0.15) is 0 Å². The summed E-state index contributed by atoms with van der Waals surface area (Å²) in [6.07, 6.45) is 2.76. The van der Waals surface area contributed by atoms with Crippen molar-refractivity contribution in [3.8, 4) is 0 Å². The molecule has 47 heavy (non-hydrogen) atoms. The first kappa shape index (κ1) is 42.8. The molecule has 18 nitrogen and oxygen atoms in total. The van der Waals surface area contributed by atoms with Gasteiger partial charge in [0.25, 0.3) is 0 Å². The highest BCUT2D eigenvalue weighted by molar-refractivity contribution is 5.95. The summed E-state index contributed by atoms with van der Waals surface area (Å²) in [5, 5.41) is 10.7. The van der Waals surface area contributed by atoms with E-state index in [0.717, 1.165) is 0 Å². The van der Waals surface area contributed by atoms with Crippen molar-refractivity contribution in [3.05, 3.63) is 0 Å². The van der Waals surface area contributed by atoms with Crippen LogP contribution in [0.15, 0.2) is 9.98 Å². The van der Waals surface area contributed by atoms with E-state index in [4.69, 9.17) is 40.1 Å². The minimum absolute atomic E-state index is 0.103. The lowest BCUT2D eigenvalue weighted by Gasteiger charge is -2.28. The summed E-state index contributed by atoms with van der Waals surface area (Å²) in [5.41, 5.74) is 38.6. The molecule has 0 saturated heterocycles. The van der Waals surface area contributed by atoms with Gasteiger partial charge in [0.15, 0.2) is 11.9 Å². The van der Waals surface area contributed by atoms with Crippen molar-refractivity contribution in [3.63, 3.8) is 0 Å². The first-order valence-electron chi connectivity index (χ1n) is 16.1. The van der Waals surface area contributed by atoms with E-state index in [1.807, 2.05) is 13.8 Å². The minimum atomic E-state index is -1.08. The Hall–Kier alpha value is -4.19. The molecule has 18 N–H and O–H groups in total. The van der Waals surface area contributed by atoms with Gasteiger partial charge in [0, 0.05) is 13.1 Å². The lowest BCUT2D eigenvalue weighted by molar-refractivity contribution is -0.135. The molecule has 5 amide bonds. The van der Waals surface area contributed by atoms with Crippen LogP contribution in [-0.4, -0.2) is 91.3 Å². The highest BCUT2D eigenvalue weighted by atomic mass is 16.2. The molecule has 0 heterocycles. The minimum Gasteiger partial charge on any atom is -0.370 e. The molecular weight excluding hydrogens is 610 g/mol. The van der Waals surface area contributed by atoms with Gasteiger partial charge < -0.3 is 61.4 Å². The van der Waals surface area contributed by atoms with Crippen LogP contribution >= 0.6 is 0 Å². The van der Waals surface area contributed by atoms with Crippen molar-refractivity contribution < 1.29 is 24.0 Å². The highest BCUT2D eigenvalue weighted by Crippen LogP contribution is 2.10. The molecule has 0 fully saturated rings. The Morgan fingerprint density at radius 3 is 1.49 bits per heavy atom. The number of guanidine groups is 2. The molecule has 0 aliphatic carbocycles. The predicted molar refractivity (Wildman–Crippen MR) is 182 cm³/mol. The van der Waals surface area contributed by atoms with E-state index in [-0.39, 0.29) is 50.2 Å². The number of hydrogen-bond acceptors (Lipinski definition) is 9. The standard InChI is InChI=1S/C29H59N13O5/c1-16(2)15-18(31)24(44)40-21(11-8-14-38-29(35)36)26(46)42-22(17(3)4)27(47)41-20(9-5-6-12-30)25(45)39-19(23(32)43)10-7-13-37-28(33)34/h16-22H,5-15,30-31H2,1-4H3,(H2,32,43)(H,39,45)(H,40,44)(H,41,47)(H,42,46)(H4,33,34,37)(H4,35,36,38)/t18-,19-,20-,21-,22-/m0/s1. The number of unbranched alkanes of at least 4 members (excludes halogenated alkanes) is 1. The van der Waals surface area contributed by atoms with Crippen LogP contribution in [0.25, 0.3) is 0 Å². The molecule has 5 atom stereocenters. The Kier molecular flexibility index (Phi) is 21.1. The van der Waals surface area contributed by atoms with Crippen LogP contribution in [0, 0.1) is 11.8 Å². The third-order valence-corrected chi connectivity index (χ3v) is 7.07. The molecule has 270 valence electrons. The third-order valence-electron chi connectivity index (χ3n) is 7.07. The average Bonchev–Trinajstić information content (AvgIpc) is 2.97. The van der Waals surface area contributed by atoms with Gasteiger partial charge in [0.05, 0.1) is 6.04 Å². The predicted octanol–water partition coefficient (Wildman–Crippen LogP) is -3.32. The number of amides is 5. The number of carbonyl (C=O) groups is 5. The maximum atomic E-state index is 13.6. The smallest absolute Gasteiger partial charge is 0.243 e. The van der Waals surface area contributed by atoms with Crippen LogP contribution in [0.3, 0.4) is 0 Å². The monoisotopic (exact) mass is 669 g/mol. The van der Waals surface area contributed by atoms with Crippen molar-refractivity contribution in [1.29, 1.82) is 0 Å². The fourth-order valence-corrected chi connectivity index (χ4v) is 4.54. The van der Waals surface area contributed by atoms with Gasteiger partial charge in [-0.3, -0.25) is 34.0 Å². The molecular formula is C29H59N13O5. The number of aliphatic imine (C=N–C) groups is 2. The van der Waals surface area contributed by atoms with E-state index >= 15 is 0 Å². The number of rotatable bonds is 24. The summed E-state index contributed by atoms with van der Waals surface area (Å²) >= 11 is 0. The maximum absolute atomic E-state index is 13.6. The molecule has 0 saturated carbocycles. The van der Waals surface area contributed by atoms with Crippen LogP contribution in [-0.2, 0) is 24.0 Å². The number of nitrogens with zero attached hydrogens (tertiary/aromatic N) is 2. The molecule has 0 aliphatic heterocycles. The van der Waals surface area contributed by atoms with Crippen molar-refractivity contribution in [2.24, 2.45) is 62.0 Å². The summed E-state index contributed by atoms with van der Waals surface area (Å²) in [7, 11) is 0. The molecule has 0 aliphatic rings. The number of nitrogens with two attached hydrogens (primary N) is 7. The van der Waals surface area contributed by atoms with Crippen molar-refractivity contribution in [2.45, 2.75) is 109 Å². The van der Waals surface area contributed by atoms with Crippen LogP contribution in [0.1, 0.15) is 79.1 Å². The second-order valence-electron chi connectivity index (χ2n) is 12.2. The van der Waals surface area contributed by atoms with Gasteiger partial charge in [-0.1, -0.05) is 27.7 Å². The first-order chi connectivity index (χ1) is 22.0. The van der Waals surface area contributed by atoms with Gasteiger partial charge in [0.1, 0.15) is 24.2 Å². The molecule has 0 aromatic rings. The Morgan fingerprint density at radius 2 is 1.04 bits per heavy atom. The van der Waals surface area contributed by atoms with E-state index in [1.54, 1.807) is 13.8 Å². The largest absolute Gasteiger partial charge is 0.370 e. The van der Waals surface area contributed by atoms with Crippen LogP contribution in [0.2, 0.25) is 0 Å². The maximum Gasteiger partial charge on any atom is 0.243 e.